The Labute approximate surface area is 248 Å². The highest BCUT2D eigenvalue weighted by Gasteiger charge is 2.41. The maximum Gasteiger partial charge on any atom is 0.267 e. The van der Waals surface area contributed by atoms with Crippen LogP contribution in [0, 0.1) is 5.92 Å². The quantitative estimate of drug-likeness (QED) is 0.204. The predicted octanol–water partition coefficient (Wildman–Crippen LogP) is 9.36. The third-order valence-electron chi connectivity index (χ3n) is 7.73. The molecule has 202 valence electrons. The summed E-state index contributed by atoms with van der Waals surface area (Å²) in [5.74, 6) is 1.22. The summed E-state index contributed by atoms with van der Waals surface area (Å²) in [4.78, 5) is 21.7. The Hall–Kier alpha value is -3.35. The minimum atomic E-state index is 0.0326. The zero-order valence-corrected chi connectivity index (χ0v) is 24.8. The number of amidine groups is 1. The van der Waals surface area contributed by atoms with Crippen LogP contribution in [-0.4, -0.2) is 22.0 Å². The van der Waals surface area contributed by atoms with Crippen molar-refractivity contribution >= 4 is 61.3 Å². The van der Waals surface area contributed by atoms with Gasteiger partial charge in [-0.1, -0.05) is 96.4 Å². The van der Waals surface area contributed by atoms with Gasteiger partial charge in [0.25, 0.3) is 5.91 Å². The minimum absolute atomic E-state index is 0.0326. The van der Waals surface area contributed by atoms with Gasteiger partial charge in [0.1, 0.15) is 12.4 Å². The second-order valence-corrected chi connectivity index (χ2v) is 12.4. The molecule has 2 aliphatic rings. The zero-order chi connectivity index (χ0) is 27.5. The Morgan fingerprint density at radius 1 is 0.950 bits per heavy atom. The van der Waals surface area contributed by atoms with E-state index >= 15 is 0 Å². The lowest BCUT2D eigenvalue weighted by Gasteiger charge is -2.35. The van der Waals surface area contributed by atoms with Crippen molar-refractivity contribution in [3.8, 4) is 5.75 Å². The Morgan fingerprint density at radius 3 is 2.50 bits per heavy atom. The fourth-order valence-electron chi connectivity index (χ4n) is 5.57. The number of aliphatic imine (C=N–C) groups is 1. The molecule has 0 radical (unpaired) electrons. The number of benzene rings is 4. The third kappa shape index (κ3) is 5.74. The average Bonchev–Trinajstić information content (AvgIpc) is 3.28. The molecule has 0 aromatic heterocycles. The van der Waals surface area contributed by atoms with Crippen LogP contribution in [0.1, 0.15) is 43.7 Å². The number of hydrogen-bond acceptors (Lipinski definition) is 4. The SMILES string of the molecule is C[C@H]1CCCC[C@H]1N1C(=O)/C(=C/c2c(OCc3ccc(Br)cc3)ccc3ccccc23)SC1=Nc1ccccc1. The Kier molecular flexibility index (Phi) is 8.08. The van der Waals surface area contributed by atoms with Crippen molar-refractivity contribution in [3.05, 3.63) is 112 Å². The van der Waals surface area contributed by atoms with Crippen molar-refractivity contribution in [2.24, 2.45) is 10.9 Å². The van der Waals surface area contributed by atoms with Crippen LogP contribution in [-0.2, 0) is 11.4 Å². The second kappa shape index (κ2) is 12.0. The molecule has 4 aromatic carbocycles. The summed E-state index contributed by atoms with van der Waals surface area (Å²) in [6.45, 7) is 2.71. The van der Waals surface area contributed by atoms with E-state index in [1.807, 2.05) is 71.6 Å². The number of carbonyl (C=O) groups is 1. The van der Waals surface area contributed by atoms with Crippen molar-refractivity contribution < 1.29 is 9.53 Å². The molecule has 1 saturated carbocycles. The van der Waals surface area contributed by atoms with Crippen LogP contribution in [0.5, 0.6) is 5.75 Å². The number of amides is 1. The molecule has 0 N–H and O–H groups in total. The van der Waals surface area contributed by atoms with E-state index in [2.05, 4.69) is 53.2 Å². The van der Waals surface area contributed by atoms with Gasteiger partial charge in [-0.15, -0.1) is 0 Å². The lowest BCUT2D eigenvalue weighted by molar-refractivity contribution is -0.124. The Morgan fingerprint density at radius 2 is 1.70 bits per heavy atom. The number of fused-ring (bicyclic) bond motifs is 1. The summed E-state index contributed by atoms with van der Waals surface area (Å²) in [6.07, 6.45) is 6.51. The van der Waals surface area contributed by atoms with Gasteiger partial charge >= 0.3 is 0 Å². The Balaban J connectivity index is 1.40. The maximum atomic E-state index is 14.1. The summed E-state index contributed by atoms with van der Waals surface area (Å²) < 4.78 is 7.41. The molecule has 6 heteroatoms. The Bertz CT molecular complexity index is 1580. The molecule has 0 spiro atoms. The fraction of sp³-hybridized carbons (Fsp3) is 0.235. The first-order valence-corrected chi connectivity index (χ1v) is 15.4. The molecular weight excluding hydrogens is 580 g/mol. The van der Waals surface area contributed by atoms with Gasteiger partial charge in [0.15, 0.2) is 5.17 Å². The molecule has 4 nitrogen and oxygen atoms in total. The number of carbonyl (C=O) groups excluding carboxylic acids is 1. The third-order valence-corrected chi connectivity index (χ3v) is 9.24. The smallest absolute Gasteiger partial charge is 0.267 e. The number of rotatable bonds is 6. The van der Waals surface area contributed by atoms with Crippen molar-refractivity contribution in [1.82, 2.24) is 4.90 Å². The standard InChI is InChI=1S/C34H31BrN2O2S/c1-23-9-5-8-14-30(23)37-33(38)32(40-34(37)36-27-11-3-2-4-12-27)21-29-28-13-7-6-10-25(28)17-20-31(29)39-22-24-15-18-26(35)19-16-24/h2-4,6-7,10-13,15-21,23,30H,5,8-9,14,22H2,1H3/b32-21-,36-34?/t23-,30+/m0/s1. The van der Waals surface area contributed by atoms with E-state index in [-0.39, 0.29) is 11.9 Å². The number of para-hydroxylation sites is 1. The first kappa shape index (κ1) is 26.9. The van der Waals surface area contributed by atoms with E-state index in [9.17, 15) is 4.79 Å². The maximum absolute atomic E-state index is 14.1. The van der Waals surface area contributed by atoms with Crippen LogP contribution in [0.15, 0.2) is 105 Å². The lowest BCUT2D eigenvalue weighted by atomic mass is 9.85. The van der Waals surface area contributed by atoms with Crippen molar-refractivity contribution in [2.75, 3.05) is 0 Å². The average molecular weight is 612 g/mol. The number of thioether (sulfide) groups is 1. The van der Waals surface area contributed by atoms with E-state index in [0.29, 0.717) is 17.4 Å². The van der Waals surface area contributed by atoms with Gasteiger partial charge in [0.2, 0.25) is 0 Å². The molecule has 1 heterocycles. The highest BCUT2D eigenvalue weighted by atomic mass is 79.9. The predicted molar refractivity (Wildman–Crippen MR) is 170 cm³/mol. The van der Waals surface area contributed by atoms with E-state index in [4.69, 9.17) is 9.73 Å². The second-order valence-electron chi connectivity index (χ2n) is 10.5. The summed E-state index contributed by atoms with van der Waals surface area (Å²) in [5.41, 5.74) is 2.86. The van der Waals surface area contributed by atoms with E-state index in [1.165, 1.54) is 18.2 Å². The van der Waals surface area contributed by atoms with E-state index in [1.54, 1.807) is 0 Å². The van der Waals surface area contributed by atoms with Crippen molar-refractivity contribution in [1.29, 1.82) is 0 Å². The van der Waals surface area contributed by atoms with Crippen LogP contribution < -0.4 is 4.74 Å². The summed E-state index contributed by atoms with van der Waals surface area (Å²) in [6, 6.07) is 30.6. The first-order valence-electron chi connectivity index (χ1n) is 13.8. The number of halogens is 1. The molecule has 1 amide bonds. The molecule has 1 aliphatic carbocycles. The summed E-state index contributed by atoms with van der Waals surface area (Å²) in [5, 5.41) is 2.93. The van der Waals surface area contributed by atoms with Crippen LogP contribution >= 0.6 is 27.7 Å². The highest BCUT2D eigenvalue weighted by Crippen LogP contribution is 2.42. The first-order chi connectivity index (χ1) is 19.6. The monoisotopic (exact) mass is 610 g/mol. The van der Waals surface area contributed by atoms with Crippen LogP contribution in [0.3, 0.4) is 0 Å². The van der Waals surface area contributed by atoms with Crippen molar-refractivity contribution in [2.45, 2.75) is 45.3 Å². The molecule has 0 bridgehead atoms. The number of hydrogen-bond donors (Lipinski definition) is 0. The molecule has 6 rings (SSSR count). The van der Waals surface area contributed by atoms with Crippen LogP contribution in [0.25, 0.3) is 16.8 Å². The molecule has 2 atom stereocenters. The van der Waals surface area contributed by atoms with Crippen LogP contribution in [0.4, 0.5) is 5.69 Å². The fourth-order valence-corrected chi connectivity index (χ4v) is 6.86. The molecule has 2 fully saturated rings. The van der Waals surface area contributed by atoms with Gasteiger partial charge in [-0.3, -0.25) is 9.69 Å². The molecule has 0 unspecified atom stereocenters. The summed E-state index contributed by atoms with van der Waals surface area (Å²) >= 11 is 4.97. The van der Waals surface area contributed by atoms with Crippen molar-refractivity contribution in [3.63, 3.8) is 0 Å². The molecule has 1 aliphatic heterocycles. The molecule has 1 saturated heterocycles. The van der Waals surface area contributed by atoms with E-state index < -0.39 is 0 Å². The minimum Gasteiger partial charge on any atom is -0.488 e. The van der Waals surface area contributed by atoms with E-state index in [0.717, 1.165) is 62.2 Å². The zero-order valence-electron chi connectivity index (χ0n) is 22.4. The van der Waals surface area contributed by atoms with Gasteiger partial charge < -0.3 is 4.74 Å². The van der Waals surface area contributed by atoms with Gasteiger partial charge in [-0.05, 0) is 83.3 Å². The molecule has 40 heavy (non-hydrogen) atoms. The largest absolute Gasteiger partial charge is 0.488 e. The molecule has 4 aromatic rings. The number of nitrogens with zero attached hydrogens (tertiary/aromatic N) is 2. The van der Waals surface area contributed by atoms with Gasteiger partial charge in [-0.25, -0.2) is 4.99 Å². The van der Waals surface area contributed by atoms with Gasteiger partial charge in [0, 0.05) is 16.1 Å². The van der Waals surface area contributed by atoms with Gasteiger partial charge in [0.05, 0.1) is 10.6 Å². The topological polar surface area (TPSA) is 41.9 Å². The normalized spacial score (nSPS) is 21.4. The lowest BCUT2D eigenvalue weighted by Crippen LogP contribution is -2.44. The highest BCUT2D eigenvalue weighted by molar-refractivity contribution is 9.10. The van der Waals surface area contributed by atoms with Crippen LogP contribution in [0.2, 0.25) is 0 Å². The number of ether oxygens (including phenoxy) is 1. The molecular formula is C34H31BrN2O2S. The summed E-state index contributed by atoms with van der Waals surface area (Å²) in [7, 11) is 0. The van der Waals surface area contributed by atoms with Gasteiger partial charge in [-0.2, -0.15) is 0 Å².